The number of nitrogens with two attached hydrogens (primary N) is 1. The zero-order chi connectivity index (χ0) is 11.8. The molecule has 0 heterocycles. The normalized spacial score (nSPS) is 8.80. The first-order valence-electron chi connectivity index (χ1n) is 3.96. The highest BCUT2D eigenvalue weighted by molar-refractivity contribution is 5.97. The van der Waals surface area contributed by atoms with Crippen molar-refractivity contribution >= 4 is 5.78 Å². The molecule has 0 spiro atoms. The molecule has 0 fully saturated rings. The van der Waals surface area contributed by atoms with Gasteiger partial charge in [-0.2, -0.15) is 4.91 Å². The SMILES string of the molecule is CN=O.NCC(=O)c1cc(F)cc(F)c1. The molecule has 1 rings (SSSR count). The Hall–Kier alpha value is -1.69. The highest BCUT2D eigenvalue weighted by Crippen LogP contribution is 2.07. The second-order valence-electron chi connectivity index (χ2n) is 2.47. The van der Waals surface area contributed by atoms with Gasteiger partial charge >= 0.3 is 0 Å². The van der Waals surface area contributed by atoms with E-state index in [1.165, 1.54) is 7.05 Å². The molecule has 0 amide bonds. The topological polar surface area (TPSA) is 72.5 Å². The third-order valence-electron chi connectivity index (χ3n) is 1.37. The highest BCUT2D eigenvalue weighted by atomic mass is 19.1. The van der Waals surface area contributed by atoms with Crippen LogP contribution < -0.4 is 5.73 Å². The van der Waals surface area contributed by atoms with E-state index >= 15 is 0 Å². The number of hydrogen-bond acceptors (Lipinski definition) is 4. The van der Waals surface area contributed by atoms with Gasteiger partial charge in [0.25, 0.3) is 0 Å². The summed E-state index contributed by atoms with van der Waals surface area (Å²) in [6.45, 7) is -0.247. The lowest BCUT2D eigenvalue weighted by molar-refractivity contribution is 0.100. The molecule has 2 N–H and O–H groups in total. The van der Waals surface area contributed by atoms with Gasteiger partial charge in [0, 0.05) is 11.6 Å². The first-order valence-corrected chi connectivity index (χ1v) is 3.96. The van der Waals surface area contributed by atoms with E-state index in [0.29, 0.717) is 6.07 Å². The van der Waals surface area contributed by atoms with Crippen molar-refractivity contribution in [2.75, 3.05) is 13.6 Å². The zero-order valence-electron chi connectivity index (χ0n) is 8.04. The molecule has 0 atom stereocenters. The lowest BCUT2D eigenvalue weighted by Gasteiger charge is -1.97. The second-order valence-corrected chi connectivity index (χ2v) is 2.47. The Kier molecular flexibility index (Phi) is 5.96. The van der Waals surface area contributed by atoms with E-state index in [0.717, 1.165) is 12.1 Å². The molecule has 82 valence electrons. The van der Waals surface area contributed by atoms with Gasteiger partial charge in [0.15, 0.2) is 5.78 Å². The van der Waals surface area contributed by atoms with Crippen molar-refractivity contribution in [3.63, 3.8) is 0 Å². The molecule has 1 aromatic rings. The van der Waals surface area contributed by atoms with Crippen LogP contribution in [-0.4, -0.2) is 19.4 Å². The minimum atomic E-state index is -0.771. The van der Waals surface area contributed by atoms with Gasteiger partial charge < -0.3 is 5.73 Å². The highest BCUT2D eigenvalue weighted by Gasteiger charge is 2.06. The molecule has 0 saturated carbocycles. The lowest BCUT2D eigenvalue weighted by Crippen LogP contribution is -2.13. The van der Waals surface area contributed by atoms with E-state index in [9.17, 15) is 13.6 Å². The summed E-state index contributed by atoms with van der Waals surface area (Å²) in [6, 6.07) is 2.61. The Bertz CT molecular complexity index is 336. The smallest absolute Gasteiger partial charge is 0.176 e. The minimum absolute atomic E-state index is 0.0324. The molecule has 0 aliphatic heterocycles. The summed E-state index contributed by atoms with van der Waals surface area (Å²) >= 11 is 0. The Morgan fingerprint density at radius 2 is 1.73 bits per heavy atom. The predicted octanol–water partition coefficient (Wildman–Crippen LogP) is 1.49. The summed E-state index contributed by atoms with van der Waals surface area (Å²) in [5, 5.41) is 2.25. The van der Waals surface area contributed by atoms with E-state index in [1.807, 2.05) is 0 Å². The van der Waals surface area contributed by atoms with Gasteiger partial charge in [-0.25, -0.2) is 8.78 Å². The van der Waals surface area contributed by atoms with Gasteiger partial charge in [-0.15, -0.1) is 0 Å². The number of carbonyl (C=O) groups is 1. The zero-order valence-corrected chi connectivity index (χ0v) is 8.04. The molecule has 15 heavy (non-hydrogen) atoms. The summed E-state index contributed by atoms with van der Waals surface area (Å²) in [7, 11) is 1.19. The largest absolute Gasteiger partial charge is 0.324 e. The third-order valence-corrected chi connectivity index (χ3v) is 1.37. The predicted molar refractivity (Wildman–Crippen MR) is 51.5 cm³/mol. The van der Waals surface area contributed by atoms with E-state index in [4.69, 9.17) is 10.6 Å². The van der Waals surface area contributed by atoms with Crippen LogP contribution in [0.3, 0.4) is 0 Å². The van der Waals surface area contributed by atoms with Crippen LogP contribution in [0.1, 0.15) is 10.4 Å². The molecule has 0 aliphatic rings. The van der Waals surface area contributed by atoms with Crippen molar-refractivity contribution < 1.29 is 13.6 Å². The van der Waals surface area contributed by atoms with Crippen LogP contribution >= 0.6 is 0 Å². The Morgan fingerprint density at radius 3 is 2.07 bits per heavy atom. The standard InChI is InChI=1S/C8H7F2NO.CH3NO/c9-6-1-5(8(12)4-11)2-7(10)3-6;1-2-3/h1-3H,4,11H2;1H3. The number of hydrogen-bond donors (Lipinski definition) is 1. The number of nitrogens with zero attached hydrogens (tertiary/aromatic N) is 1. The molecule has 0 bridgehead atoms. The number of nitroso groups, excluding NO2 is 1. The maximum Gasteiger partial charge on any atom is 0.176 e. The molecule has 0 unspecified atom stereocenters. The van der Waals surface area contributed by atoms with Crippen LogP contribution in [0.5, 0.6) is 0 Å². The molecule has 6 heteroatoms. The van der Waals surface area contributed by atoms with Gasteiger partial charge in [0.1, 0.15) is 11.6 Å². The molecule has 0 saturated heterocycles. The maximum absolute atomic E-state index is 12.5. The quantitative estimate of drug-likeness (QED) is 0.601. The Labute approximate surface area is 85.1 Å². The molecule has 0 aromatic heterocycles. The number of ketones is 1. The van der Waals surface area contributed by atoms with E-state index in [-0.39, 0.29) is 12.1 Å². The maximum atomic E-state index is 12.5. The fourth-order valence-corrected chi connectivity index (χ4v) is 0.833. The fraction of sp³-hybridized carbons (Fsp3) is 0.222. The molecule has 1 aromatic carbocycles. The number of rotatable bonds is 2. The van der Waals surface area contributed by atoms with Crippen molar-refractivity contribution in [2.45, 2.75) is 0 Å². The van der Waals surface area contributed by atoms with Crippen molar-refractivity contribution in [3.05, 3.63) is 40.3 Å². The monoisotopic (exact) mass is 216 g/mol. The summed E-state index contributed by atoms with van der Waals surface area (Å²) < 4.78 is 25.0. The fourth-order valence-electron chi connectivity index (χ4n) is 0.833. The first-order chi connectivity index (χ1) is 7.04. The van der Waals surface area contributed by atoms with Crippen LogP contribution in [0.2, 0.25) is 0 Å². The van der Waals surface area contributed by atoms with Gasteiger partial charge in [-0.3, -0.25) is 4.79 Å². The van der Waals surface area contributed by atoms with E-state index in [1.54, 1.807) is 0 Å². The molecule has 0 radical (unpaired) electrons. The Morgan fingerprint density at radius 1 is 1.33 bits per heavy atom. The first kappa shape index (κ1) is 13.3. The van der Waals surface area contributed by atoms with Crippen molar-refractivity contribution in [2.24, 2.45) is 10.9 Å². The third kappa shape index (κ3) is 4.92. The van der Waals surface area contributed by atoms with Gasteiger partial charge in [-0.1, -0.05) is 5.18 Å². The van der Waals surface area contributed by atoms with Crippen LogP contribution in [0, 0.1) is 16.5 Å². The molecular weight excluding hydrogens is 206 g/mol. The van der Waals surface area contributed by atoms with E-state index in [2.05, 4.69) is 5.18 Å². The molecule has 0 aliphatic carbocycles. The van der Waals surface area contributed by atoms with Crippen LogP contribution in [0.4, 0.5) is 8.78 Å². The molecular formula is C9H10F2N2O2. The summed E-state index contributed by atoms with van der Waals surface area (Å²) in [6.07, 6.45) is 0. The van der Waals surface area contributed by atoms with E-state index < -0.39 is 17.4 Å². The van der Waals surface area contributed by atoms with Crippen LogP contribution in [0.15, 0.2) is 23.4 Å². The van der Waals surface area contributed by atoms with Crippen molar-refractivity contribution in [1.82, 2.24) is 0 Å². The lowest BCUT2D eigenvalue weighted by atomic mass is 10.1. The van der Waals surface area contributed by atoms with Crippen LogP contribution in [0.25, 0.3) is 0 Å². The number of benzene rings is 1. The number of carbonyl (C=O) groups excluding carboxylic acids is 1. The summed E-state index contributed by atoms with van der Waals surface area (Å²) in [5.74, 6) is -2.02. The minimum Gasteiger partial charge on any atom is -0.324 e. The van der Waals surface area contributed by atoms with Crippen molar-refractivity contribution in [1.29, 1.82) is 0 Å². The second kappa shape index (κ2) is 6.72. The summed E-state index contributed by atoms with van der Waals surface area (Å²) in [5.41, 5.74) is 4.98. The Balaban J connectivity index is 0.000000583. The van der Waals surface area contributed by atoms with Crippen molar-refractivity contribution in [3.8, 4) is 0 Å². The molecule has 4 nitrogen and oxygen atoms in total. The van der Waals surface area contributed by atoms with Gasteiger partial charge in [0.05, 0.1) is 13.6 Å². The summed E-state index contributed by atoms with van der Waals surface area (Å²) in [4.78, 5) is 19.4. The van der Waals surface area contributed by atoms with Gasteiger partial charge in [0.2, 0.25) is 0 Å². The number of Topliss-reactive ketones (excluding diaryl/α,β-unsaturated/α-hetero) is 1. The van der Waals surface area contributed by atoms with Gasteiger partial charge in [-0.05, 0) is 12.1 Å². The average Bonchev–Trinajstić information content (AvgIpc) is 2.16. The van der Waals surface area contributed by atoms with Crippen LogP contribution in [-0.2, 0) is 0 Å². The number of halogens is 2. The average molecular weight is 216 g/mol.